The molecule has 0 spiro atoms. The van der Waals surface area contributed by atoms with Crippen molar-refractivity contribution in [2.75, 3.05) is 12.4 Å². The van der Waals surface area contributed by atoms with Crippen LogP contribution in [0.2, 0.25) is 0 Å². The van der Waals surface area contributed by atoms with E-state index in [1.54, 1.807) is 0 Å². The second-order valence-electron chi connectivity index (χ2n) is 4.05. The summed E-state index contributed by atoms with van der Waals surface area (Å²) < 4.78 is 1.30. The van der Waals surface area contributed by atoms with Gasteiger partial charge in [0.15, 0.2) is 0 Å². The molecule has 0 N–H and O–H groups in total. The summed E-state index contributed by atoms with van der Waals surface area (Å²) in [6.07, 6.45) is 2.55. The van der Waals surface area contributed by atoms with Crippen LogP contribution in [0.5, 0.6) is 0 Å². The molecule has 0 radical (unpaired) electrons. The second-order valence-corrected chi connectivity index (χ2v) is 5.60. The highest BCUT2D eigenvalue weighted by atomic mass is 127. The fourth-order valence-electron chi connectivity index (χ4n) is 2.10. The fraction of sp³-hybridized carbons (Fsp3) is 0.500. The number of rotatable bonds is 3. The van der Waals surface area contributed by atoms with Crippen LogP contribution in [0.1, 0.15) is 18.4 Å². The minimum absolute atomic E-state index is 0.589. The summed E-state index contributed by atoms with van der Waals surface area (Å²) in [6.45, 7) is 2.25. The van der Waals surface area contributed by atoms with E-state index in [1.807, 2.05) is 0 Å². The van der Waals surface area contributed by atoms with Gasteiger partial charge in [0.2, 0.25) is 0 Å². The Kier molecular flexibility index (Phi) is 4.29. The molecule has 1 aromatic carbocycles. The van der Waals surface area contributed by atoms with Crippen molar-refractivity contribution in [3.8, 4) is 0 Å². The lowest BCUT2D eigenvalue weighted by atomic mass is 10.2. The number of halogens is 2. The number of benzene rings is 1. The topological polar surface area (TPSA) is 3.24 Å². The van der Waals surface area contributed by atoms with Crippen LogP contribution >= 0.6 is 34.2 Å². The van der Waals surface area contributed by atoms with Crippen LogP contribution < -0.4 is 0 Å². The highest BCUT2D eigenvalue weighted by Gasteiger charge is 2.23. The Balaban J connectivity index is 1.99. The van der Waals surface area contributed by atoms with Gasteiger partial charge in [-0.1, -0.05) is 12.1 Å². The lowest BCUT2D eigenvalue weighted by Gasteiger charge is -2.22. The summed E-state index contributed by atoms with van der Waals surface area (Å²) in [5.41, 5.74) is 1.40. The van der Waals surface area contributed by atoms with E-state index in [1.165, 1.54) is 28.5 Å². The molecule has 1 aliphatic heterocycles. The number of hydrogen-bond acceptors (Lipinski definition) is 1. The first-order valence-electron chi connectivity index (χ1n) is 5.34. The van der Waals surface area contributed by atoms with Crippen molar-refractivity contribution >= 4 is 34.2 Å². The highest BCUT2D eigenvalue weighted by molar-refractivity contribution is 14.1. The first kappa shape index (κ1) is 11.7. The van der Waals surface area contributed by atoms with Gasteiger partial charge >= 0.3 is 0 Å². The quantitative estimate of drug-likeness (QED) is 0.604. The van der Waals surface area contributed by atoms with Crippen LogP contribution in [-0.4, -0.2) is 23.4 Å². The lowest BCUT2D eigenvalue weighted by Crippen LogP contribution is -2.30. The van der Waals surface area contributed by atoms with E-state index in [9.17, 15) is 0 Å². The van der Waals surface area contributed by atoms with Crippen LogP contribution in [-0.2, 0) is 6.54 Å². The van der Waals surface area contributed by atoms with Crippen LogP contribution in [0.15, 0.2) is 24.3 Å². The average Bonchev–Trinajstić information content (AvgIpc) is 2.69. The molecule has 0 amide bonds. The second kappa shape index (κ2) is 5.51. The molecule has 1 atom stereocenters. The minimum Gasteiger partial charge on any atom is -0.295 e. The molecule has 1 nitrogen and oxygen atoms in total. The van der Waals surface area contributed by atoms with E-state index in [0.29, 0.717) is 6.04 Å². The third-order valence-corrected chi connectivity index (χ3v) is 4.05. The molecule has 1 aliphatic rings. The van der Waals surface area contributed by atoms with Gasteiger partial charge < -0.3 is 0 Å². The molecule has 3 heteroatoms. The number of likely N-dealkylation sites (tertiary alicyclic amines) is 1. The zero-order valence-electron chi connectivity index (χ0n) is 8.63. The number of nitrogens with zero attached hydrogens (tertiary/aromatic N) is 1. The standard InChI is InChI=1S/C12H15ClIN/c13-8-12-2-1-7-15(12)9-10-3-5-11(14)6-4-10/h3-6,12H,1-2,7-9H2. The maximum atomic E-state index is 5.95. The Morgan fingerprint density at radius 1 is 1.33 bits per heavy atom. The largest absolute Gasteiger partial charge is 0.295 e. The Morgan fingerprint density at radius 2 is 2.07 bits per heavy atom. The Morgan fingerprint density at radius 3 is 2.73 bits per heavy atom. The fourth-order valence-corrected chi connectivity index (χ4v) is 2.81. The molecule has 1 aromatic rings. The van der Waals surface area contributed by atoms with E-state index in [0.717, 1.165) is 12.4 Å². The Hall–Kier alpha value is 0.200. The predicted octanol–water partition coefficient (Wildman–Crippen LogP) is 3.49. The minimum atomic E-state index is 0.589. The predicted molar refractivity (Wildman–Crippen MR) is 73.3 cm³/mol. The van der Waals surface area contributed by atoms with Crippen molar-refractivity contribution in [2.24, 2.45) is 0 Å². The molecular weight excluding hydrogens is 320 g/mol. The van der Waals surface area contributed by atoms with E-state index in [2.05, 4.69) is 51.8 Å². The summed E-state index contributed by atoms with van der Waals surface area (Å²) in [4.78, 5) is 2.50. The van der Waals surface area contributed by atoms with Crippen molar-refractivity contribution in [1.82, 2.24) is 4.90 Å². The zero-order valence-corrected chi connectivity index (χ0v) is 11.5. The SMILES string of the molecule is ClCC1CCCN1Cc1ccc(I)cc1. The maximum absolute atomic E-state index is 5.95. The summed E-state index contributed by atoms with van der Waals surface area (Å²) >= 11 is 8.29. The van der Waals surface area contributed by atoms with Gasteiger partial charge in [0.1, 0.15) is 0 Å². The van der Waals surface area contributed by atoms with Gasteiger partial charge in [0.05, 0.1) is 0 Å². The monoisotopic (exact) mass is 335 g/mol. The molecule has 0 saturated carbocycles. The van der Waals surface area contributed by atoms with E-state index < -0.39 is 0 Å². The molecule has 0 aromatic heterocycles. The molecule has 2 rings (SSSR count). The molecule has 1 heterocycles. The van der Waals surface area contributed by atoms with Crippen molar-refractivity contribution in [1.29, 1.82) is 0 Å². The molecule has 0 aliphatic carbocycles. The van der Waals surface area contributed by atoms with Crippen LogP contribution in [0, 0.1) is 3.57 Å². The summed E-state index contributed by atoms with van der Waals surface area (Å²) in [7, 11) is 0. The van der Waals surface area contributed by atoms with Gasteiger partial charge in [0, 0.05) is 22.0 Å². The van der Waals surface area contributed by atoms with Crippen LogP contribution in [0.25, 0.3) is 0 Å². The smallest absolute Gasteiger partial charge is 0.0379 e. The Labute approximate surface area is 110 Å². The molecule has 0 bridgehead atoms. The molecule has 1 unspecified atom stereocenters. The van der Waals surface area contributed by atoms with Gasteiger partial charge in [-0.2, -0.15) is 0 Å². The number of alkyl halides is 1. The van der Waals surface area contributed by atoms with Crippen molar-refractivity contribution in [3.05, 3.63) is 33.4 Å². The molecular formula is C12H15ClIN. The van der Waals surface area contributed by atoms with Crippen molar-refractivity contribution in [2.45, 2.75) is 25.4 Å². The van der Waals surface area contributed by atoms with Gasteiger partial charge in [0.25, 0.3) is 0 Å². The van der Waals surface area contributed by atoms with Gasteiger partial charge in [-0.25, -0.2) is 0 Å². The van der Waals surface area contributed by atoms with Gasteiger partial charge in [-0.15, -0.1) is 11.6 Å². The van der Waals surface area contributed by atoms with E-state index >= 15 is 0 Å². The van der Waals surface area contributed by atoms with Gasteiger partial charge in [-0.05, 0) is 59.7 Å². The third kappa shape index (κ3) is 3.08. The molecule has 15 heavy (non-hydrogen) atoms. The van der Waals surface area contributed by atoms with E-state index in [4.69, 9.17) is 11.6 Å². The molecule has 1 fully saturated rings. The average molecular weight is 336 g/mol. The normalized spacial score (nSPS) is 22.1. The molecule has 1 saturated heterocycles. The first-order valence-corrected chi connectivity index (χ1v) is 6.95. The summed E-state index contributed by atoms with van der Waals surface area (Å²) in [6, 6.07) is 9.35. The first-order chi connectivity index (χ1) is 7.29. The number of hydrogen-bond donors (Lipinski definition) is 0. The third-order valence-electron chi connectivity index (χ3n) is 2.98. The molecule has 82 valence electrons. The van der Waals surface area contributed by atoms with Crippen LogP contribution in [0.4, 0.5) is 0 Å². The van der Waals surface area contributed by atoms with Crippen molar-refractivity contribution < 1.29 is 0 Å². The lowest BCUT2D eigenvalue weighted by molar-refractivity contribution is 0.263. The maximum Gasteiger partial charge on any atom is 0.0379 e. The van der Waals surface area contributed by atoms with Gasteiger partial charge in [-0.3, -0.25) is 4.90 Å². The summed E-state index contributed by atoms with van der Waals surface area (Å²) in [5.74, 6) is 0.768. The highest BCUT2D eigenvalue weighted by Crippen LogP contribution is 2.21. The van der Waals surface area contributed by atoms with E-state index in [-0.39, 0.29) is 0 Å². The van der Waals surface area contributed by atoms with Crippen molar-refractivity contribution in [3.63, 3.8) is 0 Å². The summed E-state index contributed by atoms with van der Waals surface area (Å²) in [5, 5.41) is 0. The Bertz CT molecular complexity index is 312. The van der Waals surface area contributed by atoms with Crippen LogP contribution in [0.3, 0.4) is 0 Å². The zero-order chi connectivity index (χ0) is 10.7.